The number of para-hydroxylation sites is 1. The minimum Gasteiger partial charge on any atom is -0.496 e. The molecule has 0 saturated carbocycles. The van der Waals surface area contributed by atoms with Gasteiger partial charge in [-0.3, -0.25) is 0 Å². The minimum absolute atomic E-state index is 0.0818. The highest BCUT2D eigenvalue weighted by molar-refractivity contribution is 7.98. The van der Waals surface area contributed by atoms with E-state index in [4.69, 9.17) is 15.5 Å². The number of ether oxygens (including phenoxy) is 1. The lowest BCUT2D eigenvalue weighted by molar-refractivity contribution is 0.0703. The summed E-state index contributed by atoms with van der Waals surface area (Å²) in [6.07, 6.45) is 0. The number of carbonyl (C=O) groups is 1. The van der Waals surface area contributed by atoms with Gasteiger partial charge in [0.05, 0.1) is 23.9 Å². The highest BCUT2D eigenvalue weighted by atomic mass is 32.2. The van der Waals surface area contributed by atoms with Crippen molar-refractivity contribution in [1.29, 1.82) is 0 Å². The molecule has 4 aromatic rings. The number of nitrogens with two attached hydrogens (primary N) is 1. The number of thioether (sulfide) groups is 1. The maximum Gasteiger partial charge on any atom is 0.348 e. The molecule has 2 aromatic carbocycles. The minimum atomic E-state index is -1.06. The third kappa shape index (κ3) is 3.76. The second kappa shape index (κ2) is 8.10. The van der Waals surface area contributed by atoms with Crippen LogP contribution in [-0.2, 0) is 5.75 Å². The van der Waals surface area contributed by atoms with Crippen LogP contribution in [0.3, 0.4) is 0 Å². The molecule has 6 nitrogen and oxygen atoms in total. The number of rotatable bonds is 6. The van der Waals surface area contributed by atoms with Crippen molar-refractivity contribution in [1.82, 2.24) is 9.97 Å². The molecule has 0 aliphatic rings. The van der Waals surface area contributed by atoms with Crippen LogP contribution in [0, 0.1) is 0 Å². The average Bonchev–Trinajstić information content (AvgIpc) is 3.09. The molecule has 0 atom stereocenters. The Balaban J connectivity index is 1.80. The summed E-state index contributed by atoms with van der Waals surface area (Å²) in [5.41, 5.74) is 8.89. The Bertz CT molecular complexity index is 1190. The summed E-state index contributed by atoms with van der Waals surface area (Å²) in [6, 6.07) is 17.4. The summed E-state index contributed by atoms with van der Waals surface area (Å²) >= 11 is 2.54. The summed E-state index contributed by atoms with van der Waals surface area (Å²) in [7, 11) is 1.64. The summed E-state index contributed by atoms with van der Waals surface area (Å²) in [4.78, 5) is 21.5. The topological polar surface area (TPSA) is 98.3 Å². The predicted molar refractivity (Wildman–Crippen MR) is 117 cm³/mol. The lowest BCUT2D eigenvalue weighted by atomic mass is 10.1. The van der Waals surface area contributed by atoms with Crippen LogP contribution in [0.25, 0.3) is 21.5 Å². The van der Waals surface area contributed by atoms with E-state index in [9.17, 15) is 9.90 Å². The van der Waals surface area contributed by atoms with Crippen molar-refractivity contribution >= 4 is 45.0 Å². The summed E-state index contributed by atoms with van der Waals surface area (Å²) in [6.45, 7) is 0. The van der Waals surface area contributed by atoms with Gasteiger partial charge in [0.25, 0.3) is 0 Å². The molecule has 0 spiro atoms. The van der Waals surface area contributed by atoms with Crippen LogP contribution in [0.1, 0.15) is 15.2 Å². The summed E-state index contributed by atoms with van der Waals surface area (Å²) < 4.78 is 5.41. The predicted octanol–water partition coefficient (Wildman–Crippen LogP) is 4.94. The van der Waals surface area contributed by atoms with Crippen molar-refractivity contribution in [3.63, 3.8) is 0 Å². The Morgan fingerprint density at radius 2 is 1.86 bits per heavy atom. The molecule has 0 aliphatic heterocycles. The SMILES string of the molecule is COc1ccccc1CSc1nc(-c2ccccc2)c2c(N)c(C(=O)O)sc2n1. The molecule has 0 radical (unpaired) electrons. The van der Waals surface area contributed by atoms with E-state index in [1.54, 1.807) is 7.11 Å². The Morgan fingerprint density at radius 1 is 1.14 bits per heavy atom. The fourth-order valence-electron chi connectivity index (χ4n) is 3.00. The molecule has 29 heavy (non-hydrogen) atoms. The lowest BCUT2D eigenvalue weighted by Gasteiger charge is -2.09. The molecule has 0 bridgehead atoms. The van der Waals surface area contributed by atoms with Crippen LogP contribution >= 0.6 is 23.1 Å². The molecule has 146 valence electrons. The summed E-state index contributed by atoms with van der Waals surface area (Å²) in [5, 5.41) is 10.6. The van der Waals surface area contributed by atoms with Crippen LogP contribution in [0.5, 0.6) is 5.75 Å². The van der Waals surface area contributed by atoms with E-state index >= 15 is 0 Å². The van der Waals surface area contributed by atoms with E-state index in [2.05, 4.69) is 4.98 Å². The van der Waals surface area contributed by atoms with E-state index in [-0.39, 0.29) is 10.6 Å². The van der Waals surface area contributed by atoms with Crippen molar-refractivity contribution in [3.05, 3.63) is 65.0 Å². The van der Waals surface area contributed by atoms with E-state index in [0.29, 0.717) is 26.8 Å². The highest BCUT2D eigenvalue weighted by Gasteiger charge is 2.22. The number of carboxylic acid groups (broad SMARTS) is 1. The number of aromatic nitrogens is 2. The van der Waals surface area contributed by atoms with Gasteiger partial charge in [-0.25, -0.2) is 14.8 Å². The number of benzene rings is 2. The van der Waals surface area contributed by atoms with Gasteiger partial charge >= 0.3 is 5.97 Å². The van der Waals surface area contributed by atoms with Crippen LogP contribution in [0.15, 0.2) is 59.8 Å². The zero-order valence-corrected chi connectivity index (χ0v) is 17.1. The molecule has 2 heterocycles. The second-order valence-electron chi connectivity index (χ2n) is 6.15. The van der Waals surface area contributed by atoms with Gasteiger partial charge < -0.3 is 15.6 Å². The fraction of sp³-hybridized carbons (Fsp3) is 0.0952. The number of carboxylic acids is 1. The third-order valence-electron chi connectivity index (χ3n) is 4.36. The number of hydrogen-bond donors (Lipinski definition) is 2. The first-order valence-corrected chi connectivity index (χ1v) is 10.5. The van der Waals surface area contributed by atoms with Gasteiger partial charge in [0.2, 0.25) is 0 Å². The number of methoxy groups -OCH3 is 1. The summed E-state index contributed by atoms with van der Waals surface area (Å²) in [5.74, 6) is 0.363. The smallest absolute Gasteiger partial charge is 0.348 e. The first-order chi connectivity index (χ1) is 14.1. The van der Waals surface area contributed by atoms with Crippen LogP contribution < -0.4 is 10.5 Å². The monoisotopic (exact) mass is 423 g/mol. The first-order valence-electron chi connectivity index (χ1n) is 8.72. The van der Waals surface area contributed by atoms with E-state index in [0.717, 1.165) is 28.2 Å². The van der Waals surface area contributed by atoms with E-state index < -0.39 is 5.97 Å². The molecular formula is C21H17N3O3S2. The van der Waals surface area contributed by atoms with Crippen molar-refractivity contribution in [2.24, 2.45) is 0 Å². The highest BCUT2D eigenvalue weighted by Crippen LogP contribution is 2.40. The lowest BCUT2D eigenvalue weighted by Crippen LogP contribution is -1.98. The van der Waals surface area contributed by atoms with Gasteiger partial charge in [-0.15, -0.1) is 11.3 Å². The average molecular weight is 424 g/mol. The Kier molecular flexibility index (Phi) is 5.37. The van der Waals surface area contributed by atoms with E-state index in [1.807, 2.05) is 54.6 Å². The molecule has 0 saturated heterocycles. The Hall–Kier alpha value is -3.10. The molecule has 3 N–H and O–H groups in total. The number of nitrogens with zero attached hydrogens (tertiary/aromatic N) is 2. The van der Waals surface area contributed by atoms with Crippen LogP contribution in [0.4, 0.5) is 5.69 Å². The first kappa shape index (κ1) is 19.2. The van der Waals surface area contributed by atoms with Crippen LogP contribution in [0.2, 0.25) is 0 Å². The standard InChI is InChI=1S/C21H17N3O3S2/c1-27-14-10-6-5-9-13(14)11-28-21-23-17(12-7-3-2-4-8-12)15-16(22)18(20(25)26)29-19(15)24-21/h2-10H,11,22H2,1H3,(H,25,26). The van der Waals surface area contributed by atoms with Gasteiger partial charge in [-0.2, -0.15) is 0 Å². The quantitative estimate of drug-likeness (QED) is 0.335. The molecule has 0 unspecified atom stereocenters. The van der Waals surface area contributed by atoms with Crippen molar-refractivity contribution in [3.8, 4) is 17.0 Å². The van der Waals surface area contributed by atoms with Gasteiger partial charge in [0, 0.05) is 16.9 Å². The number of nitrogen functional groups attached to an aromatic ring is 1. The van der Waals surface area contributed by atoms with Crippen molar-refractivity contribution < 1.29 is 14.6 Å². The van der Waals surface area contributed by atoms with Gasteiger partial charge in [-0.05, 0) is 6.07 Å². The molecule has 8 heteroatoms. The zero-order chi connectivity index (χ0) is 20.4. The maximum absolute atomic E-state index is 11.6. The van der Waals surface area contributed by atoms with Gasteiger partial charge in [-0.1, -0.05) is 60.3 Å². The third-order valence-corrected chi connectivity index (χ3v) is 6.34. The van der Waals surface area contributed by atoms with Gasteiger partial charge in [0.15, 0.2) is 5.16 Å². The number of anilines is 1. The molecule has 4 rings (SSSR count). The number of aromatic carboxylic acids is 1. The Labute approximate surface area is 175 Å². The maximum atomic E-state index is 11.6. The molecule has 0 aliphatic carbocycles. The van der Waals surface area contributed by atoms with E-state index in [1.165, 1.54) is 11.8 Å². The largest absolute Gasteiger partial charge is 0.496 e. The number of thiophene rings is 1. The normalized spacial score (nSPS) is 10.9. The Morgan fingerprint density at radius 3 is 2.59 bits per heavy atom. The van der Waals surface area contributed by atoms with Crippen LogP contribution in [-0.4, -0.2) is 28.2 Å². The molecular weight excluding hydrogens is 406 g/mol. The molecule has 2 aromatic heterocycles. The fourth-order valence-corrected chi connectivity index (χ4v) is 4.82. The molecule has 0 amide bonds. The van der Waals surface area contributed by atoms with Gasteiger partial charge in [0.1, 0.15) is 15.5 Å². The number of fused-ring (bicyclic) bond motifs is 1. The van der Waals surface area contributed by atoms with Crippen molar-refractivity contribution in [2.75, 3.05) is 12.8 Å². The molecule has 0 fully saturated rings. The second-order valence-corrected chi connectivity index (χ2v) is 8.09. The number of hydrogen-bond acceptors (Lipinski definition) is 7. The van der Waals surface area contributed by atoms with Crippen molar-refractivity contribution in [2.45, 2.75) is 10.9 Å². The zero-order valence-electron chi connectivity index (χ0n) is 15.5.